The lowest BCUT2D eigenvalue weighted by Crippen LogP contribution is -2.51. The molecule has 1 amide bonds. The number of nitro benzene ring substituents is 1. The molecule has 3 heterocycles. The van der Waals surface area contributed by atoms with Gasteiger partial charge in [-0.25, -0.2) is 4.98 Å². The van der Waals surface area contributed by atoms with Crippen molar-refractivity contribution in [3.05, 3.63) is 70.5 Å². The number of benzene rings is 1. The molecular weight excluding hydrogens is 422 g/mol. The molecule has 0 radical (unpaired) electrons. The number of aryl methyl sites for hydroxylation is 1. The summed E-state index contributed by atoms with van der Waals surface area (Å²) in [5, 5.41) is 18.4. The highest BCUT2D eigenvalue weighted by molar-refractivity contribution is 6.00. The standard InChI is InChI=1S/C23H27N7O3/c1-17(15-28-11-13-29(14-12-28)21-5-3-4-10-24-21)25-23(31)20-16-27(2)26-22(20)18-6-8-19(9-7-18)30(32)33/h3-10,16-17H,11-15H2,1-2H3,(H,25,31). The summed E-state index contributed by atoms with van der Waals surface area (Å²) in [4.78, 5) is 32.5. The fraction of sp³-hybridized carbons (Fsp3) is 0.348. The molecular formula is C23H27N7O3. The Hall–Kier alpha value is -3.79. The summed E-state index contributed by atoms with van der Waals surface area (Å²) < 4.78 is 1.58. The van der Waals surface area contributed by atoms with Gasteiger partial charge in [0.1, 0.15) is 11.5 Å². The molecule has 0 saturated carbocycles. The van der Waals surface area contributed by atoms with Crippen LogP contribution in [0.2, 0.25) is 0 Å². The smallest absolute Gasteiger partial charge is 0.269 e. The van der Waals surface area contributed by atoms with Gasteiger partial charge in [0.05, 0.1) is 10.5 Å². The molecule has 4 rings (SSSR count). The molecule has 1 N–H and O–H groups in total. The normalized spacial score (nSPS) is 15.3. The van der Waals surface area contributed by atoms with Gasteiger partial charge in [-0.3, -0.25) is 24.5 Å². The first-order chi connectivity index (χ1) is 15.9. The van der Waals surface area contributed by atoms with Gasteiger partial charge in [0.15, 0.2) is 0 Å². The van der Waals surface area contributed by atoms with Crippen molar-refractivity contribution in [2.45, 2.75) is 13.0 Å². The lowest BCUT2D eigenvalue weighted by Gasteiger charge is -2.36. The van der Waals surface area contributed by atoms with Crippen molar-refractivity contribution in [1.29, 1.82) is 0 Å². The highest BCUT2D eigenvalue weighted by atomic mass is 16.6. The molecule has 0 spiro atoms. The number of anilines is 1. The fourth-order valence-corrected chi connectivity index (χ4v) is 4.04. The minimum absolute atomic E-state index is 0.00236. The number of rotatable bonds is 7. The van der Waals surface area contributed by atoms with Crippen molar-refractivity contribution in [3.8, 4) is 11.3 Å². The van der Waals surface area contributed by atoms with Gasteiger partial charge in [-0.15, -0.1) is 0 Å². The number of nitrogens with zero attached hydrogens (tertiary/aromatic N) is 6. The lowest BCUT2D eigenvalue weighted by molar-refractivity contribution is -0.384. The van der Waals surface area contributed by atoms with E-state index in [1.165, 1.54) is 12.1 Å². The third kappa shape index (κ3) is 5.35. The molecule has 0 bridgehead atoms. The number of aromatic nitrogens is 3. The SMILES string of the molecule is CC(CN1CCN(c2ccccn2)CC1)NC(=O)c1cn(C)nc1-c1ccc([N+](=O)[O-])cc1. The number of hydrogen-bond acceptors (Lipinski definition) is 7. The molecule has 1 aliphatic heterocycles. The quantitative estimate of drug-likeness (QED) is 0.435. The molecule has 2 aromatic heterocycles. The summed E-state index contributed by atoms with van der Waals surface area (Å²) in [6.45, 7) is 6.32. The van der Waals surface area contributed by atoms with Gasteiger partial charge in [0.2, 0.25) is 0 Å². The molecule has 172 valence electrons. The van der Waals surface area contributed by atoms with Crippen LogP contribution in [0.25, 0.3) is 11.3 Å². The molecule has 1 atom stereocenters. The van der Waals surface area contributed by atoms with Crippen molar-refractivity contribution in [1.82, 2.24) is 25.0 Å². The van der Waals surface area contributed by atoms with Crippen LogP contribution in [0, 0.1) is 10.1 Å². The second-order valence-corrected chi connectivity index (χ2v) is 8.22. The Kier molecular flexibility index (Phi) is 6.64. The summed E-state index contributed by atoms with van der Waals surface area (Å²) in [5.74, 6) is 0.782. The Bertz CT molecular complexity index is 1110. The van der Waals surface area contributed by atoms with Crippen LogP contribution in [-0.2, 0) is 7.05 Å². The van der Waals surface area contributed by atoms with Crippen LogP contribution in [-0.4, -0.2) is 69.3 Å². The molecule has 1 aliphatic rings. The minimum Gasteiger partial charge on any atom is -0.354 e. The van der Waals surface area contributed by atoms with Crippen LogP contribution in [0.3, 0.4) is 0 Å². The zero-order chi connectivity index (χ0) is 23.4. The summed E-state index contributed by atoms with van der Waals surface area (Å²) in [6.07, 6.45) is 3.48. The Morgan fingerprint density at radius 1 is 1.15 bits per heavy atom. The average molecular weight is 450 g/mol. The van der Waals surface area contributed by atoms with Gasteiger partial charge in [-0.2, -0.15) is 5.10 Å². The molecule has 1 fully saturated rings. The molecule has 10 nitrogen and oxygen atoms in total. The third-order valence-corrected chi connectivity index (χ3v) is 5.68. The van der Waals surface area contributed by atoms with Crippen LogP contribution >= 0.6 is 0 Å². The number of pyridine rings is 1. The maximum Gasteiger partial charge on any atom is 0.269 e. The zero-order valence-corrected chi connectivity index (χ0v) is 18.7. The molecule has 10 heteroatoms. The summed E-state index contributed by atoms with van der Waals surface area (Å²) >= 11 is 0. The van der Waals surface area contributed by atoms with E-state index in [1.54, 1.807) is 30.1 Å². The van der Waals surface area contributed by atoms with Gasteiger partial charge in [0.25, 0.3) is 11.6 Å². The predicted molar refractivity (Wildman–Crippen MR) is 125 cm³/mol. The first kappa shape index (κ1) is 22.4. The summed E-state index contributed by atoms with van der Waals surface area (Å²) in [7, 11) is 1.75. The first-order valence-electron chi connectivity index (χ1n) is 10.9. The summed E-state index contributed by atoms with van der Waals surface area (Å²) in [5.41, 5.74) is 1.60. The van der Waals surface area contributed by atoms with E-state index < -0.39 is 4.92 Å². The van der Waals surface area contributed by atoms with Crippen molar-refractivity contribution in [2.75, 3.05) is 37.6 Å². The largest absolute Gasteiger partial charge is 0.354 e. The molecule has 1 aromatic carbocycles. The predicted octanol–water partition coefficient (Wildman–Crippen LogP) is 2.33. The van der Waals surface area contributed by atoms with E-state index in [9.17, 15) is 14.9 Å². The van der Waals surface area contributed by atoms with Crippen molar-refractivity contribution in [2.24, 2.45) is 7.05 Å². The van der Waals surface area contributed by atoms with Gasteiger partial charge in [-0.05, 0) is 31.2 Å². The van der Waals surface area contributed by atoms with Gasteiger partial charge in [-0.1, -0.05) is 6.07 Å². The lowest BCUT2D eigenvalue weighted by atomic mass is 10.1. The van der Waals surface area contributed by atoms with E-state index in [1.807, 2.05) is 31.3 Å². The summed E-state index contributed by atoms with van der Waals surface area (Å²) in [6, 6.07) is 11.9. The van der Waals surface area contributed by atoms with Gasteiger partial charge < -0.3 is 10.2 Å². The number of carbonyl (C=O) groups is 1. The van der Waals surface area contributed by atoms with E-state index in [-0.39, 0.29) is 17.6 Å². The van der Waals surface area contributed by atoms with Crippen molar-refractivity contribution in [3.63, 3.8) is 0 Å². The molecule has 33 heavy (non-hydrogen) atoms. The average Bonchev–Trinajstić information content (AvgIpc) is 3.22. The minimum atomic E-state index is -0.451. The molecule has 1 saturated heterocycles. The first-order valence-corrected chi connectivity index (χ1v) is 10.9. The van der Waals surface area contributed by atoms with E-state index in [0.29, 0.717) is 16.8 Å². The number of carbonyl (C=O) groups excluding carboxylic acids is 1. The van der Waals surface area contributed by atoms with Gasteiger partial charge >= 0.3 is 0 Å². The van der Waals surface area contributed by atoms with E-state index in [0.717, 1.165) is 38.5 Å². The van der Waals surface area contributed by atoms with Crippen LogP contribution < -0.4 is 10.2 Å². The number of nitrogens with one attached hydrogen (secondary N) is 1. The maximum atomic E-state index is 13.0. The Morgan fingerprint density at radius 2 is 1.88 bits per heavy atom. The number of piperazine rings is 1. The van der Waals surface area contributed by atoms with Crippen LogP contribution in [0.4, 0.5) is 11.5 Å². The number of amides is 1. The molecule has 1 unspecified atom stereocenters. The molecule has 0 aliphatic carbocycles. The number of non-ortho nitro benzene ring substituents is 1. The Balaban J connectivity index is 1.35. The molecule has 3 aromatic rings. The second-order valence-electron chi connectivity index (χ2n) is 8.22. The fourth-order valence-electron chi connectivity index (χ4n) is 4.04. The highest BCUT2D eigenvalue weighted by Gasteiger charge is 2.22. The number of nitro groups is 1. The number of hydrogen-bond donors (Lipinski definition) is 1. The van der Waals surface area contributed by atoms with Gasteiger partial charge in [0, 0.05) is 75.9 Å². The topological polar surface area (TPSA) is 109 Å². The second kappa shape index (κ2) is 9.78. The Labute approximate surface area is 192 Å². The van der Waals surface area contributed by atoms with Crippen molar-refractivity contribution < 1.29 is 9.72 Å². The van der Waals surface area contributed by atoms with Crippen LogP contribution in [0.5, 0.6) is 0 Å². The van der Waals surface area contributed by atoms with Crippen molar-refractivity contribution >= 4 is 17.4 Å². The maximum absolute atomic E-state index is 13.0. The van der Waals surface area contributed by atoms with Crippen LogP contribution in [0.1, 0.15) is 17.3 Å². The van der Waals surface area contributed by atoms with Crippen LogP contribution in [0.15, 0.2) is 54.9 Å². The highest BCUT2D eigenvalue weighted by Crippen LogP contribution is 2.24. The van der Waals surface area contributed by atoms with E-state index in [4.69, 9.17) is 0 Å². The van der Waals surface area contributed by atoms with E-state index in [2.05, 4.69) is 25.2 Å². The Morgan fingerprint density at radius 3 is 2.52 bits per heavy atom. The monoisotopic (exact) mass is 449 g/mol. The van der Waals surface area contributed by atoms with E-state index >= 15 is 0 Å². The third-order valence-electron chi connectivity index (χ3n) is 5.68. The zero-order valence-electron chi connectivity index (χ0n) is 18.7.